The molecule has 0 aromatic heterocycles. The number of allylic oxidation sites excluding steroid dienone is 1. The highest BCUT2D eigenvalue weighted by Crippen LogP contribution is 2.12. The van der Waals surface area contributed by atoms with Crippen molar-refractivity contribution in [3.63, 3.8) is 0 Å². The summed E-state index contributed by atoms with van der Waals surface area (Å²) in [6.45, 7) is 1.90. The molecule has 6 nitrogen and oxygen atoms in total. The largest absolute Gasteiger partial charge is 0.466 e. The van der Waals surface area contributed by atoms with Crippen LogP contribution < -0.4 is 0 Å². The van der Waals surface area contributed by atoms with E-state index in [1.54, 1.807) is 6.92 Å². The van der Waals surface area contributed by atoms with Gasteiger partial charge in [0, 0.05) is 12.1 Å². The molecule has 1 rings (SSSR count). The van der Waals surface area contributed by atoms with Crippen molar-refractivity contribution in [2.45, 2.75) is 13.3 Å². The van der Waals surface area contributed by atoms with Gasteiger partial charge in [0.05, 0.1) is 11.5 Å². The molecule has 0 spiro atoms. The van der Waals surface area contributed by atoms with Crippen LogP contribution in [0.15, 0.2) is 30.3 Å². The monoisotopic (exact) mass is 263 g/mol. The Morgan fingerprint density at radius 1 is 1.32 bits per heavy atom. The van der Waals surface area contributed by atoms with Crippen molar-refractivity contribution in [2.24, 2.45) is 0 Å². The van der Waals surface area contributed by atoms with Crippen LogP contribution in [0.1, 0.15) is 18.9 Å². The number of nitrogens with zero attached hydrogens (tertiary/aromatic N) is 1. The molecule has 0 N–H and O–H groups in total. The third-order valence-electron chi connectivity index (χ3n) is 2.19. The second-order valence-electron chi connectivity index (χ2n) is 3.63. The van der Waals surface area contributed by atoms with Gasteiger partial charge in [-0.2, -0.15) is 0 Å². The van der Waals surface area contributed by atoms with Crippen molar-refractivity contribution in [3.05, 3.63) is 46.0 Å². The van der Waals surface area contributed by atoms with Crippen molar-refractivity contribution in [1.29, 1.82) is 0 Å². The number of esters is 1. The van der Waals surface area contributed by atoms with Gasteiger partial charge in [-0.05, 0) is 30.7 Å². The Morgan fingerprint density at radius 3 is 2.47 bits per heavy atom. The molecular weight excluding hydrogens is 250 g/mol. The molecule has 0 aliphatic heterocycles. The number of hydrogen-bond donors (Lipinski definition) is 0. The first kappa shape index (κ1) is 14.6. The number of rotatable bonds is 6. The van der Waals surface area contributed by atoms with Crippen molar-refractivity contribution in [1.82, 2.24) is 0 Å². The lowest BCUT2D eigenvalue weighted by Crippen LogP contribution is -2.08. The van der Waals surface area contributed by atoms with Gasteiger partial charge in [-0.15, -0.1) is 0 Å². The Hall–Kier alpha value is -2.50. The third kappa shape index (κ3) is 5.12. The van der Waals surface area contributed by atoms with Crippen LogP contribution in [0.4, 0.5) is 5.69 Å². The number of nitro groups is 1. The SMILES string of the molecule is CCOC(=O)CC(=O)/C=C/c1ccc([N+](=O)[O-])cc1. The standard InChI is InChI=1S/C13H13NO5/c1-2-19-13(16)9-12(15)8-5-10-3-6-11(7-4-10)14(17)18/h3-8H,2,9H2,1H3/b8-5+. The highest BCUT2D eigenvalue weighted by Gasteiger charge is 2.07. The zero-order chi connectivity index (χ0) is 14.3. The van der Waals surface area contributed by atoms with Crippen molar-refractivity contribution < 1.29 is 19.2 Å². The first-order valence-electron chi connectivity index (χ1n) is 5.64. The van der Waals surface area contributed by atoms with Crippen molar-refractivity contribution in [2.75, 3.05) is 6.61 Å². The number of carbonyl (C=O) groups is 2. The van der Waals surface area contributed by atoms with E-state index in [0.717, 1.165) is 0 Å². The summed E-state index contributed by atoms with van der Waals surface area (Å²) in [7, 11) is 0. The third-order valence-corrected chi connectivity index (χ3v) is 2.19. The van der Waals surface area contributed by atoms with E-state index in [4.69, 9.17) is 0 Å². The van der Waals surface area contributed by atoms with Crippen LogP contribution in [0, 0.1) is 10.1 Å². The molecular formula is C13H13NO5. The molecule has 0 aliphatic rings. The topological polar surface area (TPSA) is 86.5 Å². The summed E-state index contributed by atoms with van der Waals surface area (Å²) in [6.07, 6.45) is 2.43. The van der Waals surface area contributed by atoms with Crippen LogP contribution in [0.2, 0.25) is 0 Å². The molecule has 100 valence electrons. The second kappa shape index (κ2) is 7.05. The first-order chi connectivity index (χ1) is 9.02. The summed E-state index contributed by atoms with van der Waals surface area (Å²) in [5, 5.41) is 10.4. The number of ether oxygens (including phenoxy) is 1. The summed E-state index contributed by atoms with van der Waals surface area (Å²) in [5.41, 5.74) is 0.623. The summed E-state index contributed by atoms with van der Waals surface area (Å²) >= 11 is 0. The zero-order valence-corrected chi connectivity index (χ0v) is 10.4. The molecule has 0 amide bonds. The molecule has 0 saturated carbocycles. The molecule has 0 atom stereocenters. The Kier molecular flexibility index (Phi) is 5.40. The predicted octanol–water partition coefficient (Wildman–Crippen LogP) is 2.13. The van der Waals surface area contributed by atoms with Gasteiger partial charge in [-0.3, -0.25) is 19.7 Å². The fourth-order valence-electron chi connectivity index (χ4n) is 1.31. The average molecular weight is 263 g/mol. The zero-order valence-electron chi connectivity index (χ0n) is 10.4. The Labute approximate surface area is 109 Å². The normalized spacial score (nSPS) is 10.4. The lowest BCUT2D eigenvalue weighted by molar-refractivity contribution is -0.384. The van der Waals surface area contributed by atoms with Crippen LogP contribution in [-0.4, -0.2) is 23.3 Å². The van der Waals surface area contributed by atoms with E-state index in [1.165, 1.54) is 36.4 Å². The Bertz CT molecular complexity index is 504. The van der Waals surface area contributed by atoms with E-state index in [1.807, 2.05) is 0 Å². The first-order valence-corrected chi connectivity index (χ1v) is 5.64. The maximum absolute atomic E-state index is 11.4. The maximum atomic E-state index is 11.4. The summed E-state index contributed by atoms with van der Waals surface area (Å²) in [6, 6.07) is 5.73. The number of ketones is 1. The quantitative estimate of drug-likeness (QED) is 0.258. The van der Waals surface area contributed by atoms with Crippen LogP contribution in [-0.2, 0) is 14.3 Å². The number of nitro benzene ring substituents is 1. The molecule has 0 fully saturated rings. The molecule has 0 radical (unpaired) electrons. The molecule has 1 aromatic carbocycles. The van der Waals surface area contributed by atoms with Gasteiger partial charge >= 0.3 is 5.97 Å². The van der Waals surface area contributed by atoms with Gasteiger partial charge in [0.15, 0.2) is 5.78 Å². The molecule has 6 heteroatoms. The fourth-order valence-corrected chi connectivity index (χ4v) is 1.31. The number of hydrogen-bond acceptors (Lipinski definition) is 5. The van der Waals surface area contributed by atoms with E-state index >= 15 is 0 Å². The highest BCUT2D eigenvalue weighted by molar-refractivity contribution is 6.03. The molecule has 19 heavy (non-hydrogen) atoms. The molecule has 0 unspecified atom stereocenters. The molecule has 0 aliphatic carbocycles. The fraction of sp³-hybridized carbons (Fsp3) is 0.231. The van der Waals surface area contributed by atoms with E-state index in [9.17, 15) is 19.7 Å². The summed E-state index contributed by atoms with van der Waals surface area (Å²) in [5.74, 6) is -0.947. The summed E-state index contributed by atoms with van der Waals surface area (Å²) < 4.78 is 4.64. The van der Waals surface area contributed by atoms with Gasteiger partial charge in [0.1, 0.15) is 6.42 Å². The lowest BCUT2D eigenvalue weighted by Gasteiger charge is -1.98. The van der Waals surface area contributed by atoms with Gasteiger partial charge < -0.3 is 4.74 Å². The minimum Gasteiger partial charge on any atom is -0.466 e. The van der Waals surface area contributed by atoms with Crippen molar-refractivity contribution >= 4 is 23.5 Å². The highest BCUT2D eigenvalue weighted by atomic mass is 16.6. The van der Waals surface area contributed by atoms with Gasteiger partial charge in [0.2, 0.25) is 0 Å². The van der Waals surface area contributed by atoms with Gasteiger partial charge in [-0.1, -0.05) is 6.08 Å². The van der Waals surface area contributed by atoms with Crippen LogP contribution in [0.25, 0.3) is 6.08 Å². The van der Waals surface area contributed by atoms with E-state index in [0.29, 0.717) is 5.56 Å². The minimum atomic E-state index is -0.569. The molecule has 0 heterocycles. The minimum absolute atomic E-state index is 0.0185. The smallest absolute Gasteiger partial charge is 0.313 e. The number of non-ortho nitro benzene ring substituents is 1. The summed E-state index contributed by atoms with van der Waals surface area (Å²) in [4.78, 5) is 32.4. The predicted molar refractivity (Wildman–Crippen MR) is 68.4 cm³/mol. The van der Waals surface area contributed by atoms with E-state index in [-0.39, 0.29) is 24.5 Å². The van der Waals surface area contributed by atoms with Crippen LogP contribution in [0.3, 0.4) is 0 Å². The second-order valence-corrected chi connectivity index (χ2v) is 3.63. The molecule has 1 aromatic rings. The van der Waals surface area contributed by atoms with Crippen molar-refractivity contribution in [3.8, 4) is 0 Å². The van der Waals surface area contributed by atoms with Crippen LogP contribution in [0.5, 0.6) is 0 Å². The maximum Gasteiger partial charge on any atom is 0.313 e. The number of benzene rings is 1. The van der Waals surface area contributed by atoms with E-state index < -0.39 is 10.9 Å². The van der Waals surface area contributed by atoms with Gasteiger partial charge in [0.25, 0.3) is 5.69 Å². The molecule has 0 saturated heterocycles. The van der Waals surface area contributed by atoms with E-state index in [2.05, 4.69) is 4.74 Å². The van der Waals surface area contributed by atoms with Gasteiger partial charge in [-0.25, -0.2) is 0 Å². The van der Waals surface area contributed by atoms with Crippen LogP contribution >= 0.6 is 0 Å². The molecule has 0 bridgehead atoms. The average Bonchev–Trinajstić information content (AvgIpc) is 2.37. The Morgan fingerprint density at radius 2 is 1.95 bits per heavy atom. The number of carbonyl (C=O) groups excluding carboxylic acids is 2. The lowest BCUT2D eigenvalue weighted by atomic mass is 10.1. The Balaban J connectivity index is 2.58.